The van der Waals surface area contributed by atoms with Crippen molar-refractivity contribution in [2.45, 2.75) is 4.90 Å². The molecular weight excluding hydrogens is 258 g/mol. The Bertz CT molecular complexity index is 705. The molecule has 2 aromatic rings. The van der Waals surface area contributed by atoms with Crippen LogP contribution in [0.2, 0.25) is 0 Å². The van der Waals surface area contributed by atoms with Gasteiger partial charge in [-0.1, -0.05) is 0 Å². The number of hydrogen-bond acceptors (Lipinski definition) is 5. The van der Waals surface area contributed by atoms with E-state index < -0.39 is 15.9 Å². The van der Waals surface area contributed by atoms with Crippen molar-refractivity contribution < 1.29 is 17.9 Å². The molecule has 2 heterocycles. The van der Waals surface area contributed by atoms with Gasteiger partial charge in [-0.3, -0.25) is 5.32 Å². The van der Waals surface area contributed by atoms with E-state index in [4.69, 9.17) is 0 Å². The first-order valence-corrected chi connectivity index (χ1v) is 6.83. The highest BCUT2D eigenvalue weighted by Gasteiger charge is 2.10. The lowest BCUT2D eigenvalue weighted by Gasteiger charge is -1.98. The Morgan fingerprint density at radius 3 is 2.72 bits per heavy atom. The molecule has 0 bridgehead atoms. The number of fused-ring (bicyclic) bond motifs is 1. The molecule has 0 saturated carbocycles. The van der Waals surface area contributed by atoms with Crippen molar-refractivity contribution >= 4 is 27.4 Å². The summed E-state index contributed by atoms with van der Waals surface area (Å²) in [5.74, 6) is 0.285. The summed E-state index contributed by atoms with van der Waals surface area (Å²) >= 11 is 0. The highest BCUT2D eigenvalue weighted by atomic mass is 32.2. The molecule has 0 aliphatic rings. The molecule has 0 atom stereocenters. The molecule has 7 nitrogen and oxygen atoms in total. The fraction of sp³-hybridized carbons (Fsp3) is 0.200. The number of anilines is 1. The number of aromatic nitrogens is 2. The molecule has 2 aromatic heterocycles. The van der Waals surface area contributed by atoms with Crippen LogP contribution < -0.4 is 5.32 Å². The second-order valence-electron chi connectivity index (χ2n) is 3.65. The Labute approximate surface area is 103 Å². The molecule has 2 rings (SSSR count). The van der Waals surface area contributed by atoms with Crippen LogP contribution in [0.15, 0.2) is 29.4 Å². The average Bonchev–Trinajstić information content (AvgIpc) is 2.68. The maximum atomic E-state index is 11.4. The van der Waals surface area contributed by atoms with Crippen LogP contribution in [0.4, 0.5) is 10.6 Å². The minimum atomic E-state index is -3.27. The van der Waals surface area contributed by atoms with Gasteiger partial charge in [0.05, 0.1) is 18.2 Å². The second kappa shape index (κ2) is 4.30. The molecule has 8 heteroatoms. The summed E-state index contributed by atoms with van der Waals surface area (Å²) in [5, 5.41) is 2.40. The van der Waals surface area contributed by atoms with Crippen LogP contribution in [-0.4, -0.2) is 37.3 Å². The van der Waals surface area contributed by atoms with Gasteiger partial charge in [0.1, 0.15) is 5.65 Å². The third-order valence-electron chi connectivity index (χ3n) is 2.27. The van der Waals surface area contributed by atoms with Gasteiger partial charge < -0.3 is 9.14 Å². The van der Waals surface area contributed by atoms with E-state index in [0.29, 0.717) is 5.65 Å². The fourth-order valence-corrected chi connectivity index (χ4v) is 2.03. The molecule has 96 valence electrons. The van der Waals surface area contributed by atoms with Crippen LogP contribution in [0.5, 0.6) is 0 Å². The second-order valence-corrected chi connectivity index (χ2v) is 5.66. The van der Waals surface area contributed by atoms with Crippen LogP contribution in [-0.2, 0) is 14.6 Å². The molecule has 0 radical (unpaired) electrons. The molecule has 0 aromatic carbocycles. The minimum Gasteiger partial charge on any atom is -0.453 e. The van der Waals surface area contributed by atoms with Gasteiger partial charge in [-0.15, -0.1) is 0 Å². The van der Waals surface area contributed by atoms with E-state index in [0.717, 1.165) is 6.26 Å². The van der Waals surface area contributed by atoms with Gasteiger partial charge in [-0.25, -0.2) is 18.2 Å². The summed E-state index contributed by atoms with van der Waals surface area (Å²) in [5.41, 5.74) is 0.522. The number of imidazole rings is 1. The molecule has 0 aliphatic heterocycles. The number of carbonyl (C=O) groups is 1. The van der Waals surface area contributed by atoms with E-state index in [2.05, 4.69) is 15.0 Å². The summed E-state index contributed by atoms with van der Waals surface area (Å²) < 4.78 is 28.7. The van der Waals surface area contributed by atoms with Gasteiger partial charge in [-0.2, -0.15) is 0 Å². The molecular formula is C10H11N3O4S. The Morgan fingerprint density at radius 2 is 2.11 bits per heavy atom. The zero-order valence-corrected chi connectivity index (χ0v) is 10.6. The van der Waals surface area contributed by atoms with Gasteiger partial charge in [0.25, 0.3) is 0 Å². The highest BCUT2D eigenvalue weighted by molar-refractivity contribution is 7.90. The van der Waals surface area contributed by atoms with Crippen LogP contribution in [0.25, 0.3) is 5.65 Å². The number of amides is 1. The van der Waals surface area contributed by atoms with E-state index in [9.17, 15) is 13.2 Å². The Morgan fingerprint density at radius 1 is 1.39 bits per heavy atom. The first-order chi connectivity index (χ1) is 8.40. The quantitative estimate of drug-likeness (QED) is 0.875. The van der Waals surface area contributed by atoms with E-state index in [-0.39, 0.29) is 10.7 Å². The zero-order valence-electron chi connectivity index (χ0n) is 9.75. The lowest BCUT2D eigenvalue weighted by molar-refractivity contribution is 0.187. The SMILES string of the molecule is COC(=O)Nc1cn2cc(S(C)(=O)=O)ccc2n1. The van der Waals surface area contributed by atoms with Crippen LogP contribution in [0.1, 0.15) is 0 Å². The number of sulfone groups is 1. The summed E-state index contributed by atoms with van der Waals surface area (Å²) in [7, 11) is -2.03. The third kappa shape index (κ3) is 2.43. The summed E-state index contributed by atoms with van der Waals surface area (Å²) in [6.45, 7) is 0. The maximum Gasteiger partial charge on any atom is 0.412 e. The lowest BCUT2D eigenvalue weighted by atomic mass is 10.5. The van der Waals surface area contributed by atoms with Gasteiger partial charge in [0, 0.05) is 12.5 Å². The van der Waals surface area contributed by atoms with Crippen molar-refractivity contribution in [3.05, 3.63) is 24.5 Å². The van der Waals surface area contributed by atoms with E-state index in [1.807, 2.05) is 0 Å². The topological polar surface area (TPSA) is 89.8 Å². The molecule has 18 heavy (non-hydrogen) atoms. The number of pyridine rings is 1. The van der Waals surface area contributed by atoms with Gasteiger partial charge in [0.2, 0.25) is 0 Å². The van der Waals surface area contributed by atoms with E-state index in [1.54, 1.807) is 6.07 Å². The third-order valence-corrected chi connectivity index (χ3v) is 3.37. The summed E-state index contributed by atoms with van der Waals surface area (Å²) in [6.07, 6.45) is 3.42. The Kier molecular flexibility index (Phi) is 2.95. The first kappa shape index (κ1) is 12.4. The first-order valence-electron chi connectivity index (χ1n) is 4.94. The monoisotopic (exact) mass is 269 g/mol. The van der Waals surface area contributed by atoms with Crippen molar-refractivity contribution in [3.63, 3.8) is 0 Å². The maximum absolute atomic E-state index is 11.4. The summed E-state index contributed by atoms with van der Waals surface area (Å²) in [4.78, 5) is 15.3. The van der Waals surface area contributed by atoms with Gasteiger partial charge in [0.15, 0.2) is 15.7 Å². The van der Waals surface area contributed by atoms with Gasteiger partial charge >= 0.3 is 6.09 Å². The van der Waals surface area contributed by atoms with Crippen LogP contribution >= 0.6 is 0 Å². The van der Waals surface area contributed by atoms with E-state index >= 15 is 0 Å². The average molecular weight is 269 g/mol. The van der Waals surface area contributed by atoms with Crippen molar-refractivity contribution in [3.8, 4) is 0 Å². The molecule has 1 N–H and O–H groups in total. The zero-order chi connectivity index (χ0) is 13.3. The number of carbonyl (C=O) groups excluding carboxylic acids is 1. The smallest absolute Gasteiger partial charge is 0.412 e. The fourth-order valence-electron chi connectivity index (χ4n) is 1.41. The normalized spacial score (nSPS) is 11.4. The van der Waals surface area contributed by atoms with E-state index in [1.165, 1.54) is 30.0 Å². The number of ether oxygens (including phenoxy) is 1. The number of nitrogens with one attached hydrogen (secondary N) is 1. The molecule has 0 saturated heterocycles. The predicted molar refractivity (Wildman–Crippen MR) is 64.3 cm³/mol. The molecule has 0 fully saturated rings. The Balaban J connectivity index is 2.43. The van der Waals surface area contributed by atoms with Crippen molar-refractivity contribution in [2.75, 3.05) is 18.7 Å². The summed E-state index contributed by atoms with van der Waals surface area (Å²) in [6, 6.07) is 3.01. The number of rotatable bonds is 2. The van der Waals surface area contributed by atoms with Gasteiger partial charge in [-0.05, 0) is 12.1 Å². The molecule has 0 spiro atoms. The molecule has 1 amide bonds. The van der Waals surface area contributed by atoms with Crippen LogP contribution in [0, 0.1) is 0 Å². The van der Waals surface area contributed by atoms with Crippen LogP contribution in [0.3, 0.4) is 0 Å². The molecule has 0 unspecified atom stereocenters. The Hall–Kier alpha value is -2.09. The standard InChI is InChI=1S/C10H11N3O4S/c1-17-10(14)12-8-6-13-5-7(18(2,15)16)3-4-9(13)11-8/h3-6H,1-2H3,(H,12,14). The highest BCUT2D eigenvalue weighted by Crippen LogP contribution is 2.14. The largest absolute Gasteiger partial charge is 0.453 e. The van der Waals surface area contributed by atoms with Crippen molar-refractivity contribution in [2.24, 2.45) is 0 Å². The number of nitrogens with zero attached hydrogens (tertiary/aromatic N) is 2. The number of methoxy groups -OCH3 is 1. The van der Waals surface area contributed by atoms with Crippen molar-refractivity contribution in [1.82, 2.24) is 9.38 Å². The lowest BCUT2D eigenvalue weighted by Crippen LogP contribution is -2.10. The predicted octanol–water partition coefficient (Wildman–Crippen LogP) is 0.916. The van der Waals surface area contributed by atoms with Crippen molar-refractivity contribution in [1.29, 1.82) is 0 Å². The molecule has 0 aliphatic carbocycles. The number of hydrogen-bond donors (Lipinski definition) is 1. The minimum absolute atomic E-state index is 0.178.